The van der Waals surface area contributed by atoms with Gasteiger partial charge in [0.2, 0.25) is 0 Å². The van der Waals surface area contributed by atoms with Crippen LogP contribution >= 0.6 is 0 Å². The minimum atomic E-state index is -0.246. The van der Waals surface area contributed by atoms with Crippen LogP contribution in [0.25, 0.3) is 0 Å². The normalized spacial score (nSPS) is 10.3. The molecule has 2 N–H and O–H groups in total. The predicted molar refractivity (Wildman–Crippen MR) is 105 cm³/mol. The third-order valence-corrected chi connectivity index (χ3v) is 4.22. The van der Waals surface area contributed by atoms with Crippen LogP contribution in [0.2, 0.25) is 0 Å². The average Bonchev–Trinajstić information content (AvgIpc) is 3.00. The summed E-state index contributed by atoms with van der Waals surface area (Å²) >= 11 is 0. The van der Waals surface area contributed by atoms with Gasteiger partial charge in [-0.3, -0.25) is 19.7 Å². The molecule has 0 saturated carbocycles. The number of rotatable bonds is 5. The van der Waals surface area contributed by atoms with Crippen LogP contribution in [0.1, 0.15) is 32.1 Å². The SMILES string of the molecule is COc1cccc(C(=O)Nc2ccc(C(=O)Nn3c(C)ccc3C)cc2)c1. The summed E-state index contributed by atoms with van der Waals surface area (Å²) in [7, 11) is 1.55. The van der Waals surface area contributed by atoms with Gasteiger partial charge in [-0.1, -0.05) is 6.07 Å². The summed E-state index contributed by atoms with van der Waals surface area (Å²) in [6.45, 7) is 3.84. The number of hydrogen-bond acceptors (Lipinski definition) is 3. The molecule has 0 aliphatic carbocycles. The Labute approximate surface area is 157 Å². The number of nitrogens with zero attached hydrogens (tertiary/aromatic N) is 1. The van der Waals surface area contributed by atoms with Gasteiger partial charge in [0, 0.05) is 28.2 Å². The highest BCUT2D eigenvalue weighted by atomic mass is 16.5. The van der Waals surface area contributed by atoms with Crippen LogP contribution in [0, 0.1) is 13.8 Å². The number of amides is 2. The van der Waals surface area contributed by atoms with Crippen LogP contribution in [-0.2, 0) is 0 Å². The molecular weight excluding hydrogens is 342 g/mol. The molecule has 3 aromatic rings. The average molecular weight is 363 g/mol. The Morgan fingerprint density at radius 3 is 2.15 bits per heavy atom. The van der Waals surface area contributed by atoms with Gasteiger partial charge in [-0.15, -0.1) is 0 Å². The van der Waals surface area contributed by atoms with Crippen LogP contribution in [0.4, 0.5) is 5.69 Å². The van der Waals surface area contributed by atoms with Gasteiger partial charge in [-0.25, -0.2) is 0 Å². The molecule has 6 nitrogen and oxygen atoms in total. The molecule has 0 bridgehead atoms. The first kappa shape index (κ1) is 18.3. The quantitative estimate of drug-likeness (QED) is 0.725. The molecule has 0 saturated heterocycles. The molecule has 3 rings (SSSR count). The van der Waals surface area contributed by atoms with Gasteiger partial charge in [0.15, 0.2) is 0 Å². The maximum Gasteiger partial charge on any atom is 0.270 e. The van der Waals surface area contributed by atoms with E-state index in [-0.39, 0.29) is 11.8 Å². The molecule has 6 heteroatoms. The summed E-state index contributed by atoms with van der Waals surface area (Å²) in [5, 5.41) is 2.81. The lowest BCUT2D eigenvalue weighted by Crippen LogP contribution is -2.24. The number of aromatic nitrogens is 1. The smallest absolute Gasteiger partial charge is 0.270 e. The van der Waals surface area contributed by atoms with E-state index >= 15 is 0 Å². The summed E-state index contributed by atoms with van der Waals surface area (Å²) in [4.78, 5) is 24.7. The van der Waals surface area contributed by atoms with Crippen molar-refractivity contribution in [3.63, 3.8) is 0 Å². The van der Waals surface area contributed by atoms with E-state index in [0.29, 0.717) is 22.6 Å². The van der Waals surface area contributed by atoms with E-state index < -0.39 is 0 Å². The molecule has 2 aromatic carbocycles. The molecule has 27 heavy (non-hydrogen) atoms. The first-order chi connectivity index (χ1) is 13.0. The van der Waals surface area contributed by atoms with E-state index in [0.717, 1.165) is 11.4 Å². The van der Waals surface area contributed by atoms with Gasteiger partial charge in [0.1, 0.15) is 5.75 Å². The number of hydrogen-bond donors (Lipinski definition) is 2. The van der Waals surface area contributed by atoms with Crippen molar-refractivity contribution in [3.8, 4) is 5.75 Å². The number of benzene rings is 2. The van der Waals surface area contributed by atoms with Gasteiger partial charge in [-0.2, -0.15) is 0 Å². The van der Waals surface area contributed by atoms with Crippen molar-refractivity contribution in [2.75, 3.05) is 17.9 Å². The zero-order valence-corrected chi connectivity index (χ0v) is 15.4. The molecule has 2 amide bonds. The fraction of sp³-hybridized carbons (Fsp3) is 0.143. The first-order valence-corrected chi connectivity index (χ1v) is 8.49. The van der Waals surface area contributed by atoms with Crippen molar-refractivity contribution in [2.45, 2.75) is 13.8 Å². The fourth-order valence-electron chi connectivity index (χ4n) is 2.68. The van der Waals surface area contributed by atoms with Gasteiger partial charge in [0.25, 0.3) is 11.8 Å². The molecule has 0 aliphatic heterocycles. The monoisotopic (exact) mass is 363 g/mol. The van der Waals surface area contributed by atoms with Crippen molar-refractivity contribution in [1.82, 2.24) is 4.68 Å². The maximum atomic E-state index is 12.4. The number of nitrogens with one attached hydrogen (secondary N) is 2. The van der Waals surface area contributed by atoms with E-state index in [4.69, 9.17) is 4.74 Å². The highest BCUT2D eigenvalue weighted by Gasteiger charge is 2.10. The fourth-order valence-corrected chi connectivity index (χ4v) is 2.68. The molecule has 0 fully saturated rings. The molecule has 0 unspecified atom stereocenters. The highest BCUT2D eigenvalue weighted by Crippen LogP contribution is 2.16. The predicted octanol–water partition coefficient (Wildman–Crippen LogP) is 3.75. The van der Waals surface area contributed by atoms with E-state index in [9.17, 15) is 9.59 Å². The molecule has 0 spiro atoms. The number of carbonyl (C=O) groups is 2. The molecule has 0 aliphatic rings. The topological polar surface area (TPSA) is 72.4 Å². The summed E-state index contributed by atoms with van der Waals surface area (Å²) in [5.74, 6) is 0.151. The van der Waals surface area contributed by atoms with Crippen LogP contribution in [0.3, 0.4) is 0 Å². The van der Waals surface area contributed by atoms with Crippen molar-refractivity contribution < 1.29 is 14.3 Å². The maximum absolute atomic E-state index is 12.4. The molecule has 1 heterocycles. The molecule has 138 valence electrons. The minimum Gasteiger partial charge on any atom is -0.497 e. The zero-order chi connectivity index (χ0) is 19.4. The first-order valence-electron chi connectivity index (χ1n) is 8.49. The van der Waals surface area contributed by atoms with Crippen LogP contribution in [0.15, 0.2) is 60.7 Å². The number of methoxy groups -OCH3 is 1. The summed E-state index contributed by atoms with van der Waals surface area (Å²) in [6, 6.07) is 17.5. The van der Waals surface area contributed by atoms with E-state index in [1.165, 1.54) is 0 Å². The van der Waals surface area contributed by atoms with Crippen LogP contribution < -0.4 is 15.5 Å². The van der Waals surface area contributed by atoms with Gasteiger partial charge in [0.05, 0.1) is 7.11 Å². The highest BCUT2D eigenvalue weighted by molar-refractivity contribution is 6.05. The number of aryl methyl sites for hydroxylation is 2. The summed E-state index contributed by atoms with van der Waals surface area (Å²) in [5.41, 5.74) is 6.35. The van der Waals surface area contributed by atoms with Crippen molar-refractivity contribution in [2.24, 2.45) is 0 Å². The number of anilines is 1. The Bertz CT molecular complexity index is 955. The Morgan fingerprint density at radius 1 is 0.852 bits per heavy atom. The van der Waals surface area contributed by atoms with Crippen LogP contribution in [0.5, 0.6) is 5.75 Å². The van der Waals surface area contributed by atoms with Gasteiger partial charge in [-0.05, 0) is 68.4 Å². The largest absolute Gasteiger partial charge is 0.497 e. The Morgan fingerprint density at radius 2 is 1.52 bits per heavy atom. The molecular formula is C21H21N3O3. The summed E-state index contributed by atoms with van der Waals surface area (Å²) in [6.07, 6.45) is 0. The van der Waals surface area contributed by atoms with Crippen molar-refractivity contribution >= 4 is 17.5 Å². The number of ether oxygens (including phenoxy) is 1. The lowest BCUT2D eigenvalue weighted by Gasteiger charge is -2.12. The van der Waals surface area contributed by atoms with Crippen LogP contribution in [-0.4, -0.2) is 23.6 Å². The third kappa shape index (κ3) is 4.17. The third-order valence-electron chi connectivity index (χ3n) is 4.22. The molecule has 0 atom stereocenters. The van der Waals surface area contributed by atoms with Crippen molar-refractivity contribution in [3.05, 3.63) is 83.2 Å². The van der Waals surface area contributed by atoms with Gasteiger partial charge >= 0.3 is 0 Å². The second kappa shape index (κ2) is 7.78. The minimum absolute atomic E-state index is 0.219. The standard InChI is InChI=1S/C21H21N3O3/c1-14-7-8-15(2)24(14)23-21(26)16-9-11-18(12-10-16)22-20(25)17-5-4-6-19(13-17)27-3/h4-13H,1-3H3,(H,22,25)(H,23,26). The van der Waals surface area contributed by atoms with E-state index in [1.807, 2.05) is 26.0 Å². The van der Waals surface area contributed by atoms with E-state index in [2.05, 4.69) is 10.7 Å². The summed E-state index contributed by atoms with van der Waals surface area (Å²) < 4.78 is 6.87. The lowest BCUT2D eigenvalue weighted by molar-refractivity contribution is 0.100. The molecule has 0 radical (unpaired) electrons. The lowest BCUT2D eigenvalue weighted by atomic mass is 10.1. The Hall–Kier alpha value is -3.54. The number of carbonyl (C=O) groups excluding carboxylic acids is 2. The second-order valence-corrected chi connectivity index (χ2v) is 6.16. The Balaban J connectivity index is 1.68. The second-order valence-electron chi connectivity index (χ2n) is 6.16. The Kier molecular flexibility index (Phi) is 5.26. The van der Waals surface area contributed by atoms with E-state index in [1.54, 1.807) is 60.3 Å². The van der Waals surface area contributed by atoms with Crippen molar-refractivity contribution in [1.29, 1.82) is 0 Å². The zero-order valence-electron chi connectivity index (χ0n) is 15.4. The van der Waals surface area contributed by atoms with Gasteiger partial charge < -0.3 is 10.1 Å². The molecule has 1 aromatic heterocycles.